The van der Waals surface area contributed by atoms with Crippen LogP contribution in [-0.4, -0.2) is 40.6 Å². The van der Waals surface area contributed by atoms with Gasteiger partial charge in [-0.1, -0.05) is 30.3 Å². The topological polar surface area (TPSA) is 70.7 Å². The number of anilines is 1. The fraction of sp³-hybridized carbons (Fsp3) is 0.259. The molecular formula is C27H28N4O3. The number of aromatic nitrogens is 2. The smallest absolute Gasteiger partial charge is 0.325 e. The number of ether oxygens (including phenoxy) is 2. The Labute approximate surface area is 198 Å². The number of rotatable bonds is 7. The van der Waals surface area contributed by atoms with Crippen molar-refractivity contribution in [1.82, 2.24) is 14.9 Å². The second kappa shape index (κ2) is 9.47. The Morgan fingerprint density at radius 2 is 1.94 bits per heavy atom. The van der Waals surface area contributed by atoms with E-state index in [1.165, 1.54) is 0 Å². The molecule has 1 aliphatic heterocycles. The Morgan fingerprint density at radius 3 is 2.76 bits per heavy atom. The van der Waals surface area contributed by atoms with Crippen molar-refractivity contribution in [2.45, 2.75) is 32.5 Å². The second-order valence-electron chi connectivity index (χ2n) is 8.52. The summed E-state index contributed by atoms with van der Waals surface area (Å²) in [5.41, 5.74) is 3.78. The van der Waals surface area contributed by atoms with E-state index in [2.05, 4.69) is 16.9 Å². The Morgan fingerprint density at radius 1 is 1.09 bits per heavy atom. The van der Waals surface area contributed by atoms with Gasteiger partial charge in [-0.15, -0.1) is 0 Å². The first-order valence-electron chi connectivity index (χ1n) is 11.5. The second-order valence-corrected chi connectivity index (χ2v) is 8.52. The summed E-state index contributed by atoms with van der Waals surface area (Å²) in [6.45, 7) is 3.71. The van der Waals surface area contributed by atoms with Gasteiger partial charge in [0, 0.05) is 48.7 Å². The first kappa shape index (κ1) is 21.8. The van der Waals surface area contributed by atoms with Crippen LogP contribution in [0.5, 0.6) is 11.5 Å². The molecule has 0 saturated carbocycles. The maximum atomic E-state index is 13.6. The van der Waals surface area contributed by atoms with Crippen molar-refractivity contribution in [3.8, 4) is 11.5 Å². The first-order chi connectivity index (χ1) is 16.6. The summed E-state index contributed by atoms with van der Waals surface area (Å²) in [7, 11) is 1.62. The zero-order chi connectivity index (χ0) is 23.5. The van der Waals surface area contributed by atoms with Crippen molar-refractivity contribution in [1.29, 1.82) is 0 Å². The molecule has 3 heterocycles. The van der Waals surface area contributed by atoms with E-state index >= 15 is 0 Å². The molecule has 2 amide bonds. The Balaban J connectivity index is 1.38. The number of nitrogens with zero attached hydrogens (tertiary/aromatic N) is 3. The first-order valence-corrected chi connectivity index (χ1v) is 11.5. The number of amides is 2. The third-order valence-electron chi connectivity index (χ3n) is 6.37. The minimum absolute atomic E-state index is 0.0153. The highest BCUT2D eigenvalue weighted by molar-refractivity contribution is 5.93. The summed E-state index contributed by atoms with van der Waals surface area (Å²) in [6, 6.07) is 19.8. The largest absolute Gasteiger partial charge is 0.493 e. The molecule has 1 atom stereocenters. The van der Waals surface area contributed by atoms with E-state index in [1.807, 2.05) is 76.7 Å². The van der Waals surface area contributed by atoms with Gasteiger partial charge in [0.05, 0.1) is 7.11 Å². The monoisotopic (exact) mass is 456 g/mol. The fourth-order valence-corrected chi connectivity index (χ4v) is 4.39. The van der Waals surface area contributed by atoms with E-state index in [-0.39, 0.29) is 12.1 Å². The van der Waals surface area contributed by atoms with Gasteiger partial charge in [-0.3, -0.25) is 4.90 Å². The molecule has 4 aromatic rings. The number of urea groups is 1. The van der Waals surface area contributed by atoms with E-state index in [0.717, 1.165) is 34.3 Å². The van der Waals surface area contributed by atoms with Crippen LogP contribution >= 0.6 is 0 Å². The zero-order valence-corrected chi connectivity index (χ0v) is 19.4. The summed E-state index contributed by atoms with van der Waals surface area (Å²) >= 11 is 0. The quantitative estimate of drug-likeness (QED) is 0.406. The number of benzene rings is 2. The van der Waals surface area contributed by atoms with Crippen LogP contribution < -0.4 is 14.4 Å². The van der Waals surface area contributed by atoms with Crippen molar-refractivity contribution in [2.24, 2.45) is 0 Å². The average molecular weight is 457 g/mol. The highest BCUT2D eigenvalue weighted by Crippen LogP contribution is 2.34. The fourth-order valence-electron chi connectivity index (χ4n) is 4.39. The van der Waals surface area contributed by atoms with Gasteiger partial charge in [-0.2, -0.15) is 0 Å². The molecule has 7 nitrogen and oxygen atoms in total. The van der Waals surface area contributed by atoms with Crippen molar-refractivity contribution in [2.75, 3.05) is 18.6 Å². The van der Waals surface area contributed by atoms with Crippen molar-refractivity contribution < 1.29 is 14.3 Å². The lowest BCUT2D eigenvalue weighted by Gasteiger charge is -2.40. The standard InChI is InChI=1S/C27H28N4O3/c1-19-12-15-30(27(32)31(19)17-21-10-13-28-26-23(21)11-14-29-26)22-8-9-24(33-2)25(16-22)34-18-20-6-4-3-5-7-20/h3-11,13-14,16,19H,12,15,17-18H2,1-2H3,(H,28,29). The van der Waals surface area contributed by atoms with Crippen LogP contribution in [0.3, 0.4) is 0 Å². The number of hydrogen-bond acceptors (Lipinski definition) is 4. The van der Waals surface area contributed by atoms with E-state index in [1.54, 1.807) is 13.3 Å². The highest BCUT2D eigenvalue weighted by Gasteiger charge is 2.32. The average Bonchev–Trinajstić information content (AvgIpc) is 3.36. The van der Waals surface area contributed by atoms with Crippen LogP contribution in [0.2, 0.25) is 0 Å². The van der Waals surface area contributed by atoms with E-state index in [0.29, 0.717) is 31.2 Å². The van der Waals surface area contributed by atoms with Gasteiger partial charge in [0.25, 0.3) is 0 Å². The zero-order valence-electron chi connectivity index (χ0n) is 19.4. The van der Waals surface area contributed by atoms with Gasteiger partial charge in [0.15, 0.2) is 11.5 Å². The van der Waals surface area contributed by atoms with E-state index in [9.17, 15) is 4.79 Å². The molecule has 0 radical (unpaired) electrons. The molecule has 1 fully saturated rings. The number of nitrogens with one attached hydrogen (secondary N) is 1. The number of pyridine rings is 1. The molecule has 2 aromatic carbocycles. The molecule has 174 valence electrons. The molecule has 1 unspecified atom stereocenters. The molecule has 5 rings (SSSR count). The van der Waals surface area contributed by atoms with Gasteiger partial charge in [-0.25, -0.2) is 9.78 Å². The minimum Gasteiger partial charge on any atom is -0.493 e. The SMILES string of the molecule is COc1ccc(N2CCC(C)N(Cc3ccnc4[nH]ccc34)C2=O)cc1OCc1ccccc1. The van der Waals surface area contributed by atoms with Gasteiger partial charge < -0.3 is 19.4 Å². The molecule has 0 bridgehead atoms. The highest BCUT2D eigenvalue weighted by atomic mass is 16.5. The number of fused-ring (bicyclic) bond motifs is 1. The summed E-state index contributed by atoms with van der Waals surface area (Å²) in [5, 5.41) is 1.04. The Hall–Kier alpha value is -4.00. The Bertz CT molecular complexity index is 1290. The maximum absolute atomic E-state index is 13.6. The van der Waals surface area contributed by atoms with Crippen molar-refractivity contribution in [3.05, 3.63) is 84.2 Å². The van der Waals surface area contributed by atoms with Gasteiger partial charge in [-0.05, 0) is 48.7 Å². The molecule has 1 N–H and O–H groups in total. The van der Waals surface area contributed by atoms with Crippen molar-refractivity contribution in [3.63, 3.8) is 0 Å². The summed E-state index contributed by atoms with van der Waals surface area (Å²) in [4.78, 5) is 24.9. The van der Waals surface area contributed by atoms with Crippen LogP contribution in [0.25, 0.3) is 11.0 Å². The number of carbonyl (C=O) groups is 1. The predicted molar refractivity (Wildman–Crippen MR) is 132 cm³/mol. The van der Waals surface area contributed by atoms with E-state index < -0.39 is 0 Å². The number of hydrogen-bond donors (Lipinski definition) is 1. The summed E-state index contributed by atoms with van der Waals surface area (Å²) in [5.74, 6) is 1.26. The maximum Gasteiger partial charge on any atom is 0.325 e. The third-order valence-corrected chi connectivity index (χ3v) is 6.37. The molecular weight excluding hydrogens is 428 g/mol. The Kier molecular flexibility index (Phi) is 6.08. The lowest BCUT2D eigenvalue weighted by molar-refractivity contribution is 0.166. The van der Waals surface area contributed by atoms with Crippen LogP contribution in [0.1, 0.15) is 24.5 Å². The van der Waals surface area contributed by atoms with Gasteiger partial charge >= 0.3 is 6.03 Å². The van der Waals surface area contributed by atoms with Crippen molar-refractivity contribution >= 4 is 22.8 Å². The lowest BCUT2D eigenvalue weighted by Crippen LogP contribution is -2.53. The van der Waals surface area contributed by atoms with E-state index in [4.69, 9.17) is 9.47 Å². The molecule has 0 spiro atoms. The number of methoxy groups -OCH3 is 1. The minimum atomic E-state index is -0.0153. The molecule has 0 aliphatic carbocycles. The predicted octanol–water partition coefficient (Wildman–Crippen LogP) is 5.37. The molecule has 34 heavy (non-hydrogen) atoms. The number of aromatic amines is 1. The number of H-pyrrole nitrogens is 1. The van der Waals surface area contributed by atoms with Gasteiger partial charge in [0.1, 0.15) is 12.3 Å². The molecule has 1 aliphatic rings. The molecule has 7 heteroatoms. The third kappa shape index (κ3) is 4.29. The lowest BCUT2D eigenvalue weighted by atomic mass is 10.1. The normalized spacial score (nSPS) is 16.2. The summed E-state index contributed by atoms with van der Waals surface area (Å²) in [6.07, 6.45) is 4.54. The molecule has 1 saturated heterocycles. The van der Waals surface area contributed by atoms with Gasteiger partial charge in [0.2, 0.25) is 0 Å². The van der Waals surface area contributed by atoms with Crippen LogP contribution in [0.15, 0.2) is 73.1 Å². The van der Waals surface area contributed by atoms with Crippen LogP contribution in [0.4, 0.5) is 10.5 Å². The number of carbonyl (C=O) groups excluding carboxylic acids is 1. The summed E-state index contributed by atoms with van der Waals surface area (Å²) < 4.78 is 11.6. The van der Waals surface area contributed by atoms with Crippen LogP contribution in [-0.2, 0) is 13.2 Å². The van der Waals surface area contributed by atoms with Crippen LogP contribution in [0, 0.1) is 0 Å². The molecule has 2 aromatic heterocycles.